The number of carbonyl (C=O) groups excluding carboxylic acids is 3. The van der Waals surface area contributed by atoms with Crippen molar-refractivity contribution in [2.24, 2.45) is 5.73 Å². The maximum Gasteiger partial charge on any atom is 0.273 e. The molecule has 0 bridgehead atoms. The Labute approximate surface area is 218 Å². The number of nitrogens with zero attached hydrogens (tertiary/aromatic N) is 2. The second-order valence-electron chi connectivity index (χ2n) is 9.33. The van der Waals surface area contributed by atoms with Crippen LogP contribution in [0.15, 0.2) is 54.7 Å². The number of nitrogens with one attached hydrogen (secondary N) is 2. The van der Waals surface area contributed by atoms with Crippen LogP contribution in [0.1, 0.15) is 63.0 Å². The fourth-order valence-electron chi connectivity index (χ4n) is 4.90. The molecule has 0 spiro atoms. The molecule has 0 radical (unpaired) electrons. The average Bonchev–Trinajstić information content (AvgIpc) is 3.63. The van der Waals surface area contributed by atoms with E-state index in [4.69, 9.17) is 11.5 Å². The van der Waals surface area contributed by atoms with Gasteiger partial charge in [-0.25, -0.2) is 0 Å². The van der Waals surface area contributed by atoms with Gasteiger partial charge in [0.15, 0.2) is 5.69 Å². The van der Waals surface area contributed by atoms with Gasteiger partial charge in [0, 0.05) is 34.4 Å². The molecule has 3 amide bonds. The minimum atomic E-state index is -1.01. The van der Waals surface area contributed by atoms with Crippen LogP contribution >= 0.6 is 11.5 Å². The number of aromatic amines is 1. The average molecular weight is 517 g/mol. The maximum absolute atomic E-state index is 14.2. The lowest BCUT2D eigenvalue weighted by atomic mass is 10.0. The molecule has 190 valence electrons. The van der Waals surface area contributed by atoms with Crippen LogP contribution in [0.25, 0.3) is 10.9 Å². The van der Waals surface area contributed by atoms with E-state index in [1.807, 2.05) is 43.3 Å². The van der Waals surface area contributed by atoms with Gasteiger partial charge in [-0.1, -0.05) is 48.7 Å². The Balaban J connectivity index is 1.68. The molecule has 2 aromatic heterocycles. The van der Waals surface area contributed by atoms with Crippen molar-refractivity contribution in [2.45, 2.75) is 44.7 Å². The molecule has 0 unspecified atom stereocenters. The Hall–Kier alpha value is -4.18. The number of anilines is 2. The van der Waals surface area contributed by atoms with Gasteiger partial charge in [-0.05, 0) is 49.5 Å². The van der Waals surface area contributed by atoms with Crippen molar-refractivity contribution >= 4 is 51.5 Å². The Morgan fingerprint density at radius 3 is 2.49 bits per heavy atom. The number of hydrogen-bond donors (Lipinski definition) is 4. The number of primary amides is 1. The number of para-hydroxylation sites is 1. The molecule has 4 aromatic rings. The van der Waals surface area contributed by atoms with E-state index in [0.717, 1.165) is 53.7 Å². The van der Waals surface area contributed by atoms with Gasteiger partial charge < -0.3 is 21.8 Å². The summed E-state index contributed by atoms with van der Waals surface area (Å²) in [4.78, 5) is 44.7. The molecule has 2 heterocycles. The fourth-order valence-corrected chi connectivity index (χ4v) is 5.64. The van der Waals surface area contributed by atoms with Gasteiger partial charge in [0.1, 0.15) is 10.9 Å². The van der Waals surface area contributed by atoms with Crippen molar-refractivity contribution in [3.05, 3.63) is 76.4 Å². The van der Waals surface area contributed by atoms with Crippen molar-refractivity contribution in [3.8, 4) is 0 Å². The van der Waals surface area contributed by atoms with Crippen LogP contribution in [0, 0.1) is 6.92 Å². The third-order valence-electron chi connectivity index (χ3n) is 6.81. The molecule has 2 aromatic carbocycles. The van der Waals surface area contributed by atoms with Crippen LogP contribution < -0.4 is 21.7 Å². The molecule has 1 fully saturated rings. The molecule has 5 rings (SSSR count). The number of amides is 3. The van der Waals surface area contributed by atoms with Crippen LogP contribution in [0.2, 0.25) is 0 Å². The Morgan fingerprint density at radius 1 is 1.11 bits per heavy atom. The van der Waals surface area contributed by atoms with E-state index in [1.54, 1.807) is 18.3 Å². The van der Waals surface area contributed by atoms with Crippen LogP contribution in [0.3, 0.4) is 0 Å². The molecule has 1 aliphatic carbocycles. The summed E-state index contributed by atoms with van der Waals surface area (Å²) in [5.74, 6) is -1.64. The van der Waals surface area contributed by atoms with Gasteiger partial charge in [0.2, 0.25) is 5.91 Å². The number of nitrogen functional groups attached to an aromatic ring is 1. The summed E-state index contributed by atoms with van der Waals surface area (Å²) < 4.78 is 4.01. The number of carbonyl (C=O) groups is 3. The molecule has 1 atom stereocenters. The first-order valence-corrected chi connectivity index (χ1v) is 12.9. The summed E-state index contributed by atoms with van der Waals surface area (Å²) in [6.07, 6.45) is 5.67. The minimum absolute atomic E-state index is 0.0464. The maximum atomic E-state index is 14.2. The zero-order chi connectivity index (χ0) is 26.1. The highest BCUT2D eigenvalue weighted by atomic mass is 32.1. The number of aromatic nitrogens is 2. The first-order valence-electron chi connectivity index (χ1n) is 12.2. The molecular formula is C27H28N6O3S. The third kappa shape index (κ3) is 4.67. The Kier molecular flexibility index (Phi) is 6.66. The zero-order valence-corrected chi connectivity index (χ0v) is 21.2. The molecule has 10 heteroatoms. The Bertz CT molecular complexity index is 1470. The monoisotopic (exact) mass is 516 g/mol. The van der Waals surface area contributed by atoms with E-state index in [-0.39, 0.29) is 28.2 Å². The quantitative estimate of drug-likeness (QED) is 0.292. The first-order chi connectivity index (χ1) is 17.8. The number of rotatable bonds is 7. The van der Waals surface area contributed by atoms with Gasteiger partial charge in [0.05, 0.1) is 5.69 Å². The minimum Gasteiger partial charge on any atom is -0.395 e. The molecule has 37 heavy (non-hydrogen) atoms. The third-order valence-corrected chi connectivity index (χ3v) is 7.66. The largest absolute Gasteiger partial charge is 0.395 e. The zero-order valence-electron chi connectivity index (χ0n) is 20.4. The fraction of sp³-hybridized carbons (Fsp3) is 0.259. The molecule has 0 saturated heterocycles. The summed E-state index contributed by atoms with van der Waals surface area (Å²) in [6, 6.07) is 14.0. The van der Waals surface area contributed by atoms with Gasteiger partial charge in [-0.3, -0.25) is 19.3 Å². The van der Waals surface area contributed by atoms with Crippen molar-refractivity contribution in [2.75, 3.05) is 10.6 Å². The van der Waals surface area contributed by atoms with Crippen LogP contribution in [0.5, 0.6) is 0 Å². The topological polar surface area (TPSA) is 147 Å². The highest BCUT2D eigenvalue weighted by Crippen LogP contribution is 2.36. The second-order valence-corrected chi connectivity index (χ2v) is 10.1. The predicted octanol–water partition coefficient (Wildman–Crippen LogP) is 4.06. The second kappa shape index (κ2) is 10.1. The molecule has 6 N–H and O–H groups in total. The smallest absolute Gasteiger partial charge is 0.273 e. The van der Waals surface area contributed by atoms with Crippen molar-refractivity contribution in [1.82, 2.24) is 14.7 Å². The number of H-pyrrole nitrogens is 1. The van der Waals surface area contributed by atoms with Gasteiger partial charge in [0.25, 0.3) is 11.8 Å². The summed E-state index contributed by atoms with van der Waals surface area (Å²) in [5.41, 5.74) is 14.3. The summed E-state index contributed by atoms with van der Waals surface area (Å²) in [6.45, 7) is 1.94. The van der Waals surface area contributed by atoms with Crippen molar-refractivity contribution in [3.63, 3.8) is 0 Å². The molecule has 1 saturated carbocycles. The number of benzene rings is 2. The van der Waals surface area contributed by atoms with Gasteiger partial charge >= 0.3 is 0 Å². The number of fused-ring (bicyclic) bond motifs is 1. The van der Waals surface area contributed by atoms with E-state index in [2.05, 4.69) is 14.7 Å². The lowest BCUT2D eigenvalue weighted by Gasteiger charge is -2.32. The van der Waals surface area contributed by atoms with E-state index >= 15 is 0 Å². The highest BCUT2D eigenvalue weighted by Gasteiger charge is 2.38. The highest BCUT2D eigenvalue weighted by molar-refractivity contribution is 7.09. The van der Waals surface area contributed by atoms with Crippen molar-refractivity contribution < 1.29 is 14.4 Å². The van der Waals surface area contributed by atoms with Gasteiger partial charge in [-0.15, -0.1) is 0 Å². The summed E-state index contributed by atoms with van der Waals surface area (Å²) in [7, 11) is 0. The number of aryl methyl sites for hydroxylation is 1. The Morgan fingerprint density at radius 2 is 1.81 bits per heavy atom. The summed E-state index contributed by atoms with van der Waals surface area (Å²) in [5, 5.41) is 4.00. The van der Waals surface area contributed by atoms with Crippen LogP contribution in [-0.4, -0.2) is 33.1 Å². The number of hydrogen-bond acceptors (Lipinski definition) is 6. The number of nitrogens with two attached hydrogens (primary N) is 2. The van der Waals surface area contributed by atoms with Crippen LogP contribution in [0.4, 0.5) is 11.4 Å². The molecule has 1 aliphatic rings. The predicted molar refractivity (Wildman–Crippen MR) is 144 cm³/mol. The normalized spacial score (nSPS) is 14.5. The van der Waals surface area contributed by atoms with Crippen molar-refractivity contribution in [1.29, 1.82) is 0 Å². The lowest BCUT2D eigenvalue weighted by Crippen LogP contribution is -2.46. The first kappa shape index (κ1) is 24.5. The van der Waals surface area contributed by atoms with E-state index in [1.165, 1.54) is 4.90 Å². The van der Waals surface area contributed by atoms with E-state index in [0.29, 0.717) is 11.3 Å². The van der Waals surface area contributed by atoms with Crippen LogP contribution in [-0.2, 0) is 4.79 Å². The standard InChI is InChI=1S/C27H28N6O3S/c1-15-10-12-17(13-11-15)33(27(36)24-21(28)22(25(29)34)32-37-24)23(26(35)31-16-6-2-3-7-16)19-14-30-20-9-5-4-8-18(19)20/h4-5,8-14,16,23,30H,2-3,6-7,28H2,1H3,(H2,29,34)(H,31,35)/t23-/m0/s1. The molecular weight excluding hydrogens is 488 g/mol. The molecule has 0 aliphatic heterocycles. The van der Waals surface area contributed by atoms with E-state index in [9.17, 15) is 14.4 Å². The summed E-state index contributed by atoms with van der Waals surface area (Å²) >= 11 is 0.795. The molecule has 9 nitrogen and oxygen atoms in total. The SMILES string of the molecule is Cc1ccc(N(C(=O)c2snc(C(N)=O)c2N)[C@H](C(=O)NC2CCCC2)c2c[nH]c3ccccc23)cc1. The lowest BCUT2D eigenvalue weighted by molar-refractivity contribution is -0.123. The van der Waals surface area contributed by atoms with E-state index < -0.39 is 17.9 Å². The van der Waals surface area contributed by atoms with Gasteiger partial charge in [-0.2, -0.15) is 4.37 Å².